The average molecular weight is 398 g/mol. The van der Waals surface area contributed by atoms with Crippen LogP contribution in [0.25, 0.3) is 16.7 Å². The van der Waals surface area contributed by atoms with Crippen molar-refractivity contribution in [1.29, 1.82) is 0 Å². The number of aromatic nitrogens is 2. The Bertz CT molecular complexity index is 1270. The molecule has 0 atom stereocenters. The minimum Gasteiger partial charge on any atom is -0.504 e. The van der Waals surface area contributed by atoms with E-state index in [1.807, 2.05) is 6.92 Å². The Hall–Kier alpha value is -3.33. The Kier molecular flexibility index (Phi) is 3.93. The number of sulfonamides is 1. The molecule has 28 heavy (non-hydrogen) atoms. The van der Waals surface area contributed by atoms with E-state index in [-0.39, 0.29) is 22.1 Å². The lowest BCUT2D eigenvalue weighted by molar-refractivity contribution is -0.113. The summed E-state index contributed by atoms with van der Waals surface area (Å²) in [6.07, 6.45) is 1.53. The number of aliphatic hydroxyl groups is 1. The van der Waals surface area contributed by atoms with Gasteiger partial charge >= 0.3 is 0 Å². The summed E-state index contributed by atoms with van der Waals surface area (Å²) in [5, 5.41) is 13.9. The van der Waals surface area contributed by atoms with Crippen LogP contribution in [0, 0.1) is 6.92 Å². The zero-order valence-electron chi connectivity index (χ0n) is 15.5. The van der Waals surface area contributed by atoms with Crippen LogP contribution >= 0.6 is 0 Å². The molecule has 0 unspecified atom stereocenters. The fourth-order valence-electron chi connectivity index (χ4n) is 3.43. The Morgan fingerprint density at radius 2 is 1.89 bits per heavy atom. The first kappa shape index (κ1) is 18.1. The lowest BCUT2D eigenvalue weighted by atomic mass is 10.2. The zero-order valence-corrected chi connectivity index (χ0v) is 16.3. The Balaban J connectivity index is 1.92. The van der Waals surface area contributed by atoms with Crippen LogP contribution in [0.2, 0.25) is 0 Å². The molecule has 3 aromatic rings. The zero-order chi connectivity index (χ0) is 20.2. The number of carbonyl (C=O) groups excluding carboxylic acids is 1. The van der Waals surface area contributed by atoms with Crippen molar-refractivity contribution >= 4 is 38.4 Å². The van der Waals surface area contributed by atoms with Gasteiger partial charge in [-0.1, -0.05) is 18.2 Å². The molecule has 144 valence electrons. The van der Waals surface area contributed by atoms with Gasteiger partial charge in [-0.2, -0.15) is 0 Å². The Labute approximate surface area is 161 Å². The van der Waals surface area contributed by atoms with Crippen LogP contribution in [-0.4, -0.2) is 40.3 Å². The highest BCUT2D eigenvalue weighted by molar-refractivity contribution is 7.89. The largest absolute Gasteiger partial charge is 0.504 e. The molecule has 1 aliphatic rings. The van der Waals surface area contributed by atoms with Gasteiger partial charge in [0.1, 0.15) is 16.4 Å². The van der Waals surface area contributed by atoms with Crippen LogP contribution in [0.5, 0.6) is 0 Å². The maximum atomic E-state index is 13.2. The fraction of sp³-hybridized carbons (Fsp3) is 0.158. The van der Waals surface area contributed by atoms with Crippen molar-refractivity contribution in [2.45, 2.75) is 11.8 Å². The predicted octanol–water partition coefficient (Wildman–Crippen LogP) is 2.38. The summed E-state index contributed by atoms with van der Waals surface area (Å²) in [7, 11) is -1.15. The number of rotatable bonds is 2. The van der Waals surface area contributed by atoms with E-state index < -0.39 is 21.7 Å². The van der Waals surface area contributed by atoms with E-state index in [1.165, 1.54) is 13.2 Å². The second-order valence-electron chi connectivity index (χ2n) is 6.60. The molecule has 2 aromatic heterocycles. The van der Waals surface area contributed by atoms with Gasteiger partial charge < -0.3 is 15.0 Å². The van der Waals surface area contributed by atoms with Crippen molar-refractivity contribution in [3.05, 3.63) is 59.5 Å². The lowest BCUT2D eigenvalue weighted by Crippen LogP contribution is -2.37. The summed E-state index contributed by atoms with van der Waals surface area (Å²) in [6.45, 7) is 1.84. The number of likely N-dealkylation sites (N-methyl/N-ethyl adjacent to an activating group) is 1. The van der Waals surface area contributed by atoms with Crippen LogP contribution in [0.1, 0.15) is 11.3 Å². The minimum atomic E-state index is -4.04. The number of pyridine rings is 1. The molecule has 0 saturated heterocycles. The molecular formula is C19H18N4O4S. The summed E-state index contributed by atoms with van der Waals surface area (Å²) < 4.78 is 28.7. The molecule has 3 heterocycles. The van der Waals surface area contributed by atoms with E-state index in [0.29, 0.717) is 10.9 Å². The van der Waals surface area contributed by atoms with E-state index in [9.17, 15) is 18.3 Å². The predicted molar refractivity (Wildman–Crippen MR) is 105 cm³/mol. The SMILES string of the molecule is Cc1ccnc(NC(=O)C2=C(O)c3c(c4ccccc4n3C)S(=O)(=O)N2C)c1. The highest BCUT2D eigenvalue weighted by atomic mass is 32.2. The van der Waals surface area contributed by atoms with Crippen molar-refractivity contribution in [3.63, 3.8) is 0 Å². The topological polar surface area (TPSA) is 105 Å². The number of amides is 1. The summed E-state index contributed by atoms with van der Waals surface area (Å²) >= 11 is 0. The second kappa shape index (κ2) is 6.10. The van der Waals surface area contributed by atoms with Gasteiger partial charge in [-0.15, -0.1) is 0 Å². The Morgan fingerprint density at radius 1 is 1.18 bits per heavy atom. The average Bonchev–Trinajstić information content (AvgIpc) is 2.95. The maximum Gasteiger partial charge on any atom is 0.278 e. The maximum absolute atomic E-state index is 13.2. The van der Waals surface area contributed by atoms with E-state index in [1.54, 1.807) is 48.0 Å². The first-order chi connectivity index (χ1) is 13.2. The number of hydrogen-bond donors (Lipinski definition) is 2. The van der Waals surface area contributed by atoms with Gasteiger partial charge in [-0.25, -0.2) is 13.4 Å². The van der Waals surface area contributed by atoms with Crippen molar-refractivity contribution in [2.24, 2.45) is 7.05 Å². The third-order valence-corrected chi connectivity index (χ3v) is 6.65. The summed E-state index contributed by atoms with van der Waals surface area (Å²) in [4.78, 5) is 16.9. The van der Waals surface area contributed by atoms with E-state index in [0.717, 1.165) is 9.87 Å². The van der Waals surface area contributed by atoms with Gasteiger partial charge in [-0.3, -0.25) is 9.10 Å². The van der Waals surface area contributed by atoms with E-state index in [2.05, 4.69) is 10.3 Å². The number of hydrogen-bond acceptors (Lipinski definition) is 5. The molecule has 0 fully saturated rings. The molecule has 0 radical (unpaired) electrons. The number of fused-ring (bicyclic) bond motifs is 3. The quantitative estimate of drug-likeness (QED) is 0.690. The van der Waals surface area contributed by atoms with Gasteiger partial charge in [0, 0.05) is 31.2 Å². The third-order valence-electron chi connectivity index (χ3n) is 4.81. The number of aliphatic hydroxyl groups excluding tert-OH is 1. The van der Waals surface area contributed by atoms with Gasteiger partial charge in [0.15, 0.2) is 11.5 Å². The first-order valence-corrected chi connectivity index (χ1v) is 9.91. The van der Waals surface area contributed by atoms with Gasteiger partial charge in [0.2, 0.25) is 0 Å². The molecule has 1 amide bonds. The molecule has 1 aliphatic heterocycles. The van der Waals surface area contributed by atoms with Crippen molar-refractivity contribution in [3.8, 4) is 0 Å². The summed E-state index contributed by atoms with van der Waals surface area (Å²) in [5.74, 6) is -0.910. The molecule has 0 spiro atoms. The molecule has 1 aromatic carbocycles. The van der Waals surface area contributed by atoms with Crippen molar-refractivity contribution in [2.75, 3.05) is 12.4 Å². The van der Waals surface area contributed by atoms with Gasteiger partial charge in [0.25, 0.3) is 15.9 Å². The van der Waals surface area contributed by atoms with Crippen LogP contribution in [0.15, 0.2) is 53.2 Å². The van der Waals surface area contributed by atoms with Crippen molar-refractivity contribution < 1.29 is 18.3 Å². The molecule has 0 saturated carbocycles. The standard InChI is InChI=1S/C19H18N4O4S/c1-11-8-9-20-14(10-11)21-19(25)16-17(24)15-18(28(26,27)23(16)3)12-6-4-5-7-13(12)22(15)2/h4-10,24H,1-3H3,(H,20,21,25). The number of para-hydroxylation sites is 1. The Morgan fingerprint density at radius 3 is 2.61 bits per heavy atom. The van der Waals surface area contributed by atoms with Gasteiger partial charge in [-0.05, 0) is 30.7 Å². The number of aryl methyl sites for hydroxylation is 2. The minimum absolute atomic E-state index is 0.0177. The molecule has 0 bridgehead atoms. The van der Waals surface area contributed by atoms with Gasteiger partial charge in [0.05, 0.1) is 0 Å². The summed E-state index contributed by atoms with van der Waals surface area (Å²) in [6, 6.07) is 10.4. The molecule has 4 rings (SSSR count). The third kappa shape index (κ3) is 2.47. The number of nitrogens with one attached hydrogen (secondary N) is 1. The number of nitrogens with zero attached hydrogens (tertiary/aromatic N) is 3. The van der Waals surface area contributed by atoms with Crippen molar-refractivity contribution in [1.82, 2.24) is 13.9 Å². The molecule has 0 aliphatic carbocycles. The van der Waals surface area contributed by atoms with Crippen LogP contribution in [-0.2, 0) is 21.9 Å². The molecule has 9 heteroatoms. The number of anilines is 1. The van der Waals surface area contributed by atoms with Crippen LogP contribution < -0.4 is 5.32 Å². The normalized spacial score (nSPS) is 15.6. The highest BCUT2D eigenvalue weighted by Gasteiger charge is 2.41. The van der Waals surface area contributed by atoms with Crippen LogP contribution in [0.3, 0.4) is 0 Å². The molecule has 8 nitrogen and oxygen atoms in total. The fourth-order valence-corrected chi connectivity index (χ4v) is 5.05. The van der Waals surface area contributed by atoms with Crippen LogP contribution in [0.4, 0.5) is 5.82 Å². The summed E-state index contributed by atoms with van der Waals surface area (Å²) in [5.41, 5.74) is 1.24. The second-order valence-corrected chi connectivity index (χ2v) is 8.50. The van der Waals surface area contributed by atoms with E-state index in [4.69, 9.17) is 0 Å². The smallest absolute Gasteiger partial charge is 0.278 e. The molecule has 2 N–H and O–H groups in total. The lowest BCUT2D eigenvalue weighted by Gasteiger charge is -2.27. The number of benzene rings is 1. The highest BCUT2D eigenvalue weighted by Crippen LogP contribution is 2.40. The molecular weight excluding hydrogens is 380 g/mol. The monoisotopic (exact) mass is 398 g/mol. The van der Waals surface area contributed by atoms with E-state index >= 15 is 0 Å². The number of carbonyl (C=O) groups is 1. The first-order valence-electron chi connectivity index (χ1n) is 8.47.